The second-order valence-electron chi connectivity index (χ2n) is 6.41. The van der Waals surface area contributed by atoms with Crippen LogP contribution < -0.4 is 15.8 Å². The molecule has 0 amide bonds. The van der Waals surface area contributed by atoms with E-state index in [0.29, 0.717) is 28.5 Å². The van der Waals surface area contributed by atoms with E-state index in [2.05, 4.69) is 23.3 Å². The molecule has 2 atom stereocenters. The number of thioether (sulfide) groups is 1. The van der Waals surface area contributed by atoms with E-state index in [1.165, 1.54) is 0 Å². The second kappa shape index (κ2) is 6.42. The number of pyridine rings is 1. The highest BCUT2D eigenvalue weighted by molar-refractivity contribution is 8.13. The Labute approximate surface area is 156 Å². The van der Waals surface area contributed by atoms with Gasteiger partial charge in [0.25, 0.3) is 0 Å². The Bertz CT molecular complexity index is 844. The topological polar surface area (TPSA) is 72.5 Å². The van der Waals surface area contributed by atoms with Crippen LogP contribution in [0.25, 0.3) is 0 Å². The third-order valence-electron chi connectivity index (χ3n) is 4.84. The largest absolute Gasteiger partial charge is 0.493 e. The lowest BCUT2D eigenvalue weighted by Crippen LogP contribution is -2.37. The number of ether oxygens (including phenoxy) is 1. The monoisotopic (exact) mass is 374 g/mol. The van der Waals surface area contributed by atoms with Gasteiger partial charge in [-0.3, -0.25) is 4.99 Å². The molecule has 1 aromatic heterocycles. The molecule has 0 aliphatic carbocycles. The standard InChI is InChI=1S/C18H19ClN4OS/c1-18-11(10-25-17(20)23-18)6-8-24-15-5-4-12(9-13(15)18)22-16-14(19)3-2-7-21-16/h2-5,7,9,11H,6,8,10H2,1H3,(H2,20,23)(H,21,22)/t11-,18+/m1/s1. The van der Waals surface area contributed by atoms with Crippen molar-refractivity contribution < 1.29 is 4.74 Å². The summed E-state index contributed by atoms with van der Waals surface area (Å²) >= 11 is 7.83. The number of aliphatic imine (C=N–C) groups is 1. The van der Waals surface area contributed by atoms with Gasteiger partial charge in [-0.15, -0.1) is 0 Å². The van der Waals surface area contributed by atoms with E-state index in [0.717, 1.165) is 29.2 Å². The maximum absolute atomic E-state index is 6.21. The Balaban J connectivity index is 1.77. The number of benzene rings is 1. The molecule has 2 aromatic rings. The third-order valence-corrected chi connectivity index (χ3v) is 6.10. The van der Waals surface area contributed by atoms with E-state index in [-0.39, 0.29) is 5.54 Å². The molecular formula is C18H19ClN4OS. The summed E-state index contributed by atoms with van der Waals surface area (Å²) in [6.07, 6.45) is 2.67. The fraction of sp³-hybridized carbons (Fsp3) is 0.333. The minimum Gasteiger partial charge on any atom is -0.493 e. The maximum Gasteiger partial charge on any atom is 0.154 e. The van der Waals surface area contributed by atoms with Gasteiger partial charge in [-0.05, 0) is 43.7 Å². The van der Waals surface area contributed by atoms with Gasteiger partial charge >= 0.3 is 0 Å². The quantitative estimate of drug-likeness (QED) is 0.825. The number of anilines is 2. The molecular weight excluding hydrogens is 356 g/mol. The van der Waals surface area contributed by atoms with Crippen molar-refractivity contribution in [1.29, 1.82) is 0 Å². The van der Waals surface area contributed by atoms with Crippen LogP contribution in [0.1, 0.15) is 18.9 Å². The van der Waals surface area contributed by atoms with E-state index in [4.69, 9.17) is 27.1 Å². The van der Waals surface area contributed by atoms with Gasteiger partial charge in [-0.2, -0.15) is 0 Å². The summed E-state index contributed by atoms with van der Waals surface area (Å²) in [5, 5.41) is 4.50. The Morgan fingerprint density at radius 2 is 2.28 bits per heavy atom. The number of nitrogens with zero attached hydrogens (tertiary/aromatic N) is 2. The van der Waals surface area contributed by atoms with Crippen molar-refractivity contribution in [2.45, 2.75) is 18.9 Å². The second-order valence-corrected chi connectivity index (χ2v) is 7.86. The first-order chi connectivity index (χ1) is 12.1. The number of rotatable bonds is 2. The van der Waals surface area contributed by atoms with Gasteiger partial charge in [0.2, 0.25) is 0 Å². The minimum atomic E-state index is -0.382. The number of halogens is 1. The number of fused-ring (bicyclic) bond motifs is 3. The average molecular weight is 375 g/mol. The van der Waals surface area contributed by atoms with Crippen molar-refractivity contribution in [3.8, 4) is 5.75 Å². The van der Waals surface area contributed by atoms with Gasteiger partial charge < -0.3 is 15.8 Å². The molecule has 7 heteroatoms. The van der Waals surface area contributed by atoms with Gasteiger partial charge in [0.1, 0.15) is 11.6 Å². The van der Waals surface area contributed by atoms with Crippen molar-refractivity contribution in [3.05, 3.63) is 47.1 Å². The Morgan fingerprint density at radius 1 is 1.40 bits per heavy atom. The van der Waals surface area contributed by atoms with E-state index in [9.17, 15) is 0 Å². The number of hydrogen-bond donors (Lipinski definition) is 2. The summed E-state index contributed by atoms with van der Waals surface area (Å²) in [5.74, 6) is 2.84. The summed E-state index contributed by atoms with van der Waals surface area (Å²) in [7, 11) is 0. The van der Waals surface area contributed by atoms with Crippen molar-refractivity contribution in [1.82, 2.24) is 4.98 Å². The lowest BCUT2D eigenvalue weighted by molar-refractivity contribution is 0.271. The molecule has 3 heterocycles. The molecule has 0 unspecified atom stereocenters. The lowest BCUT2D eigenvalue weighted by atomic mass is 9.79. The van der Waals surface area contributed by atoms with Crippen molar-refractivity contribution in [2.75, 3.05) is 17.7 Å². The number of nitrogens with one attached hydrogen (secondary N) is 1. The van der Waals surface area contributed by atoms with Gasteiger partial charge in [-0.25, -0.2) is 4.98 Å². The number of aromatic nitrogens is 1. The predicted molar refractivity (Wildman–Crippen MR) is 104 cm³/mol. The van der Waals surface area contributed by atoms with E-state index >= 15 is 0 Å². The molecule has 25 heavy (non-hydrogen) atoms. The van der Waals surface area contributed by atoms with Crippen LogP contribution in [0, 0.1) is 5.92 Å². The zero-order valence-electron chi connectivity index (χ0n) is 13.8. The molecule has 0 saturated carbocycles. The predicted octanol–water partition coefficient (Wildman–Crippen LogP) is 4.15. The summed E-state index contributed by atoms with van der Waals surface area (Å²) in [4.78, 5) is 9.10. The molecule has 0 spiro atoms. The van der Waals surface area contributed by atoms with Crippen LogP contribution in [0.5, 0.6) is 5.75 Å². The molecule has 5 nitrogen and oxygen atoms in total. The molecule has 4 rings (SSSR count). The molecule has 3 N–H and O–H groups in total. The molecule has 2 aliphatic rings. The van der Waals surface area contributed by atoms with Crippen LogP contribution in [-0.4, -0.2) is 22.5 Å². The molecule has 2 aliphatic heterocycles. The van der Waals surface area contributed by atoms with E-state index < -0.39 is 0 Å². The Hall–Kier alpha value is -1.92. The lowest BCUT2D eigenvalue weighted by Gasteiger charge is -2.36. The molecule has 1 aromatic carbocycles. The fourth-order valence-electron chi connectivity index (χ4n) is 3.40. The van der Waals surface area contributed by atoms with Gasteiger partial charge in [0, 0.05) is 29.1 Å². The molecule has 0 bridgehead atoms. The van der Waals surface area contributed by atoms with Crippen molar-refractivity contribution >= 4 is 40.0 Å². The number of amidine groups is 1. The normalized spacial score (nSPS) is 25.0. The van der Waals surface area contributed by atoms with Crippen LogP contribution in [0.3, 0.4) is 0 Å². The smallest absolute Gasteiger partial charge is 0.154 e. The summed E-state index contributed by atoms with van der Waals surface area (Å²) < 4.78 is 5.98. The molecule has 130 valence electrons. The molecule has 0 fully saturated rings. The van der Waals surface area contributed by atoms with E-state index in [1.54, 1.807) is 24.0 Å². The maximum atomic E-state index is 6.21. The molecule has 0 saturated heterocycles. The zero-order valence-corrected chi connectivity index (χ0v) is 15.4. The summed E-state index contributed by atoms with van der Waals surface area (Å²) in [6.45, 7) is 2.84. The summed E-state index contributed by atoms with van der Waals surface area (Å²) in [5.41, 5.74) is 7.61. The highest BCUT2D eigenvalue weighted by Gasteiger charge is 2.42. The fourth-order valence-corrected chi connectivity index (χ4v) is 4.69. The van der Waals surface area contributed by atoms with Crippen molar-refractivity contribution in [3.63, 3.8) is 0 Å². The SMILES string of the molecule is C[C@]12N=C(N)SC[C@H]1CCOc1ccc(Nc3ncccc3Cl)cc12. The molecule has 0 radical (unpaired) electrons. The van der Waals surface area contributed by atoms with Crippen LogP contribution in [-0.2, 0) is 5.54 Å². The first-order valence-corrected chi connectivity index (χ1v) is 9.55. The Morgan fingerprint density at radius 3 is 3.12 bits per heavy atom. The number of hydrogen-bond acceptors (Lipinski definition) is 6. The Kier molecular flexibility index (Phi) is 4.25. The highest BCUT2D eigenvalue weighted by Crippen LogP contribution is 2.47. The van der Waals surface area contributed by atoms with E-state index in [1.807, 2.05) is 18.2 Å². The minimum absolute atomic E-state index is 0.382. The zero-order chi connectivity index (χ0) is 17.4. The highest BCUT2D eigenvalue weighted by atomic mass is 35.5. The summed E-state index contributed by atoms with van der Waals surface area (Å²) in [6, 6.07) is 9.64. The first kappa shape index (κ1) is 16.5. The third kappa shape index (κ3) is 3.04. The number of nitrogens with two attached hydrogens (primary N) is 1. The van der Waals surface area contributed by atoms with Crippen molar-refractivity contribution in [2.24, 2.45) is 16.6 Å². The van der Waals surface area contributed by atoms with Crippen LogP contribution >= 0.6 is 23.4 Å². The van der Waals surface area contributed by atoms with Gasteiger partial charge in [-0.1, -0.05) is 23.4 Å². The van der Waals surface area contributed by atoms with Gasteiger partial charge in [0.15, 0.2) is 5.17 Å². The first-order valence-electron chi connectivity index (χ1n) is 8.19. The van der Waals surface area contributed by atoms with Crippen LogP contribution in [0.2, 0.25) is 5.02 Å². The van der Waals surface area contributed by atoms with Crippen LogP contribution in [0.15, 0.2) is 41.5 Å². The van der Waals surface area contributed by atoms with Crippen LogP contribution in [0.4, 0.5) is 11.5 Å². The van der Waals surface area contributed by atoms with Gasteiger partial charge in [0.05, 0.1) is 17.2 Å². The average Bonchev–Trinajstić information content (AvgIpc) is 2.73.